The molecule has 5 heteroatoms. The van der Waals surface area contributed by atoms with E-state index in [9.17, 15) is 4.79 Å². The highest BCUT2D eigenvalue weighted by Crippen LogP contribution is 2.15. The van der Waals surface area contributed by atoms with Crippen molar-refractivity contribution in [3.8, 4) is 5.88 Å². The van der Waals surface area contributed by atoms with E-state index in [4.69, 9.17) is 4.74 Å². The van der Waals surface area contributed by atoms with E-state index in [-0.39, 0.29) is 18.3 Å². The van der Waals surface area contributed by atoms with Crippen molar-refractivity contribution in [3.05, 3.63) is 36.4 Å². The number of halogens is 1. The standard InChI is InChI=1S/C8H6N2O2.ClH/c11-7-6-2-1-3-10-8(6)12-5-4-9-7;/h1-5H,(H,9,11);1H. The average Bonchev–Trinajstić information content (AvgIpc) is 2.29. The number of carbonyl (C=O) groups excluding carboxylic acids is 1. The van der Waals surface area contributed by atoms with Gasteiger partial charge in [0.25, 0.3) is 5.91 Å². The zero-order valence-corrected chi connectivity index (χ0v) is 7.38. The van der Waals surface area contributed by atoms with Gasteiger partial charge in [-0.1, -0.05) is 0 Å². The summed E-state index contributed by atoms with van der Waals surface area (Å²) in [5, 5.41) is 2.52. The van der Waals surface area contributed by atoms with Crippen LogP contribution in [0.1, 0.15) is 10.4 Å². The molecule has 0 aliphatic carbocycles. The molecule has 0 spiro atoms. The SMILES string of the molecule is Cl.O=C1NC=COc2ncccc21. The molecule has 1 aromatic heterocycles. The zero-order valence-electron chi connectivity index (χ0n) is 6.56. The van der Waals surface area contributed by atoms with Gasteiger partial charge in [-0.05, 0) is 12.1 Å². The Morgan fingerprint density at radius 1 is 1.46 bits per heavy atom. The third-order valence-electron chi connectivity index (χ3n) is 1.48. The first-order chi connectivity index (χ1) is 5.88. The highest BCUT2D eigenvalue weighted by atomic mass is 35.5. The van der Waals surface area contributed by atoms with E-state index in [2.05, 4.69) is 10.3 Å². The number of fused-ring (bicyclic) bond motifs is 1. The fraction of sp³-hybridized carbons (Fsp3) is 0. The van der Waals surface area contributed by atoms with Crippen molar-refractivity contribution in [3.63, 3.8) is 0 Å². The number of amides is 1. The van der Waals surface area contributed by atoms with Crippen molar-refractivity contribution < 1.29 is 9.53 Å². The molecule has 1 aliphatic rings. The van der Waals surface area contributed by atoms with E-state index in [0.717, 1.165) is 0 Å². The van der Waals surface area contributed by atoms with Crippen molar-refractivity contribution in [2.45, 2.75) is 0 Å². The van der Waals surface area contributed by atoms with Gasteiger partial charge in [0, 0.05) is 12.4 Å². The van der Waals surface area contributed by atoms with Crippen LogP contribution < -0.4 is 10.1 Å². The van der Waals surface area contributed by atoms with Crippen LogP contribution in [0.5, 0.6) is 5.88 Å². The molecule has 0 aromatic carbocycles. The topological polar surface area (TPSA) is 51.2 Å². The Hall–Kier alpha value is -1.55. The summed E-state index contributed by atoms with van der Waals surface area (Å²) in [6.45, 7) is 0. The van der Waals surface area contributed by atoms with Gasteiger partial charge < -0.3 is 10.1 Å². The van der Waals surface area contributed by atoms with Crippen molar-refractivity contribution in [2.75, 3.05) is 0 Å². The molecule has 2 heterocycles. The van der Waals surface area contributed by atoms with Gasteiger partial charge in [0.15, 0.2) is 0 Å². The van der Waals surface area contributed by atoms with Gasteiger partial charge in [0.1, 0.15) is 11.8 Å². The van der Waals surface area contributed by atoms with Gasteiger partial charge in [0.05, 0.1) is 0 Å². The molecular formula is C8H7ClN2O2. The highest BCUT2D eigenvalue weighted by Gasteiger charge is 2.13. The molecule has 0 radical (unpaired) electrons. The Morgan fingerprint density at radius 3 is 3.15 bits per heavy atom. The first-order valence-electron chi connectivity index (χ1n) is 3.45. The van der Waals surface area contributed by atoms with E-state index in [0.29, 0.717) is 11.4 Å². The lowest BCUT2D eigenvalue weighted by atomic mass is 10.2. The van der Waals surface area contributed by atoms with Crippen LogP contribution in [0.25, 0.3) is 0 Å². The second-order valence-electron chi connectivity index (χ2n) is 2.25. The van der Waals surface area contributed by atoms with Gasteiger partial charge in [-0.2, -0.15) is 0 Å². The minimum absolute atomic E-state index is 0. The molecule has 4 nitrogen and oxygen atoms in total. The number of rotatable bonds is 0. The average molecular weight is 199 g/mol. The van der Waals surface area contributed by atoms with Gasteiger partial charge in [-0.25, -0.2) is 4.98 Å². The van der Waals surface area contributed by atoms with Crippen LogP contribution in [0.2, 0.25) is 0 Å². The van der Waals surface area contributed by atoms with Crippen LogP contribution in [-0.2, 0) is 0 Å². The first-order valence-corrected chi connectivity index (χ1v) is 3.45. The summed E-state index contributed by atoms with van der Waals surface area (Å²) >= 11 is 0. The lowest BCUT2D eigenvalue weighted by molar-refractivity contribution is 0.0970. The van der Waals surface area contributed by atoms with Crippen molar-refractivity contribution in [1.29, 1.82) is 0 Å². The van der Waals surface area contributed by atoms with Gasteiger partial charge in [-0.3, -0.25) is 4.79 Å². The maximum Gasteiger partial charge on any atom is 0.260 e. The number of ether oxygens (including phenoxy) is 1. The predicted molar refractivity (Wildman–Crippen MR) is 48.7 cm³/mol. The minimum Gasteiger partial charge on any atom is -0.444 e. The maximum absolute atomic E-state index is 11.2. The first kappa shape index (κ1) is 9.54. The third-order valence-corrected chi connectivity index (χ3v) is 1.48. The molecule has 0 saturated carbocycles. The summed E-state index contributed by atoms with van der Waals surface area (Å²) < 4.78 is 5.04. The summed E-state index contributed by atoms with van der Waals surface area (Å²) in [6.07, 6.45) is 4.39. The van der Waals surface area contributed by atoms with Crippen molar-refractivity contribution in [1.82, 2.24) is 10.3 Å². The van der Waals surface area contributed by atoms with Crippen LogP contribution >= 0.6 is 12.4 Å². The van der Waals surface area contributed by atoms with Crippen LogP contribution in [0.3, 0.4) is 0 Å². The Balaban J connectivity index is 0.000000845. The van der Waals surface area contributed by atoms with E-state index < -0.39 is 0 Å². The van der Waals surface area contributed by atoms with Crippen LogP contribution in [0, 0.1) is 0 Å². The van der Waals surface area contributed by atoms with Crippen molar-refractivity contribution >= 4 is 18.3 Å². The van der Waals surface area contributed by atoms with Crippen LogP contribution in [0.15, 0.2) is 30.8 Å². The number of nitrogens with zero attached hydrogens (tertiary/aromatic N) is 1. The molecule has 0 unspecified atom stereocenters. The Bertz CT molecular complexity index is 352. The molecule has 0 bridgehead atoms. The fourth-order valence-corrected chi connectivity index (χ4v) is 0.943. The lowest BCUT2D eigenvalue weighted by Gasteiger charge is -2.00. The number of aromatic nitrogens is 1. The maximum atomic E-state index is 11.2. The molecular weight excluding hydrogens is 192 g/mol. The Kier molecular flexibility index (Phi) is 2.87. The number of hydrogen-bond acceptors (Lipinski definition) is 3. The monoisotopic (exact) mass is 198 g/mol. The molecule has 13 heavy (non-hydrogen) atoms. The lowest BCUT2D eigenvalue weighted by Crippen LogP contribution is -2.15. The number of carbonyl (C=O) groups is 1. The number of hydrogen-bond donors (Lipinski definition) is 1. The molecule has 0 saturated heterocycles. The predicted octanol–water partition coefficient (Wildman–Crippen LogP) is 1.10. The highest BCUT2D eigenvalue weighted by molar-refractivity contribution is 5.97. The molecule has 1 N–H and O–H groups in total. The summed E-state index contributed by atoms with van der Waals surface area (Å²) in [4.78, 5) is 15.1. The Morgan fingerprint density at radius 2 is 2.31 bits per heavy atom. The quantitative estimate of drug-likeness (QED) is 0.679. The molecule has 1 aromatic rings. The fourth-order valence-electron chi connectivity index (χ4n) is 0.943. The smallest absolute Gasteiger partial charge is 0.260 e. The summed E-state index contributed by atoms with van der Waals surface area (Å²) in [6, 6.07) is 3.34. The van der Waals surface area contributed by atoms with Gasteiger partial charge in [-0.15, -0.1) is 12.4 Å². The van der Waals surface area contributed by atoms with Gasteiger partial charge in [0.2, 0.25) is 5.88 Å². The van der Waals surface area contributed by atoms with Gasteiger partial charge >= 0.3 is 0 Å². The van der Waals surface area contributed by atoms with Crippen LogP contribution in [-0.4, -0.2) is 10.9 Å². The van der Waals surface area contributed by atoms with E-state index in [1.165, 1.54) is 12.5 Å². The summed E-state index contributed by atoms with van der Waals surface area (Å²) in [5.74, 6) is 0.135. The zero-order chi connectivity index (χ0) is 8.39. The molecule has 68 valence electrons. The van der Waals surface area contributed by atoms with E-state index in [1.807, 2.05) is 0 Å². The Labute approximate surface area is 81.0 Å². The largest absolute Gasteiger partial charge is 0.444 e. The van der Waals surface area contributed by atoms with E-state index >= 15 is 0 Å². The summed E-state index contributed by atoms with van der Waals surface area (Å²) in [7, 11) is 0. The second kappa shape index (κ2) is 3.91. The van der Waals surface area contributed by atoms with Crippen molar-refractivity contribution in [2.24, 2.45) is 0 Å². The molecule has 0 atom stereocenters. The normalized spacial score (nSPS) is 13.1. The molecule has 1 amide bonds. The third kappa shape index (κ3) is 1.78. The second-order valence-corrected chi connectivity index (χ2v) is 2.25. The molecule has 0 fully saturated rings. The molecule has 2 rings (SSSR count). The van der Waals surface area contributed by atoms with Crippen LogP contribution in [0.4, 0.5) is 0 Å². The minimum atomic E-state index is -0.202. The molecule has 1 aliphatic heterocycles. The summed E-state index contributed by atoms with van der Waals surface area (Å²) in [5.41, 5.74) is 0.447. The number of nitrogens with one attached hydrogen (secondary N) is 1. The number of pyridine rings is 1. The van der Waals surface area contributed by atoms with E-state index in [1.54, 1.807) is 18.3 Å².